The maximum absolute atomic E-state index is 13.4. The molecule has 5 nitrogen and oxygen atoms in total. The molecule has 2 saturated heterocycles. The topological polar surface area (TPSA) is 61.8 Å². The SMILES string of the molecule is CC[C@H]1[C@@H]2CC3=C(C)[C@@H](c4ccc(OC)cc4)C[C@@H]3O[C@@H]2[C@@H]2OC(=O)[C@]3(C)C=CC(=O)[C@@]1(C)[C@@H]23. The van der Waals surface area contributed by atoms with Gasteiger partial charge in [-0.05, 0) is 67.9 Å². The van der Waals surface area contributed by atoms with Crippen LogP contribution in [-0.4, -0.2) is 37.2 Å². The molecule has 2 aliphatic heterocycles. The zero-order valence-corrected chi connectivity index (χ0v) is 20.7. The summed E-state index contributed by atoms with van der Waals surface area (Å²) in [5, 5.41) is 0. The Morgan fingerprint density at radius 2 is 1.85 bits per heavy atom. The van der Waals surface area contributed by atoms with Crippen molar-refractivity contribution < 1.29 is 23.8 Å². The van der Waals surface area contributed by atoms with E-state index in [2.05, 4.69) is 32.9 Å². The number of carbonyl (C=O) groups excluding carboxylic acids is 2. The third-order valence-corrected chi connectivity index (χ3v) is 10.1. The van der Waals surface area contributed by atoms with Gasteiger partial charge in [0, 0.05) is 17.3 Å². The van der Waals surface area contributed by atoms with Crippen LogP contribution >= 0.6 is 0 Å². The second-order valence-corrected chi connectivity index (χ2v) is 11.4. The summed E-state index contributed by atoms with van der Waals surface area (Å²) in [5.41, 5.74) is 2.67. The molecule has 0 aromatic heterocycles. The van der Waals surface area contributed by atoms with Gasteiger partial charge >= 0.3 is 5.97 Å². The third kappa shape index (κ3) is 2.65. The molecule has 2 heterocycles. The van der Waals surface area contributed by atoms with E-state index in [1.807, 2.05) is 19.1 Å². The number of ketones is 1. The summed E-state index contributed by atoms with van der Waals surface area (Å²) < 4.78 is 18.3. The lowest BCUT2D eigenvalue weighted by atomic mass is 9.45. The van der Waals surface area contributed by atoms with Gasteiger partial charge < -0.3 is 14.2 Å². The fourth-order valence-electron chi connectivity index (χ4n) is 8.36. The monoisotopic (exact) mass is 462 g/mol. The smallest absolute Gasteiger partial charge is 0.316 e. The van der Waals surface area contributed by atoms with Crippen LogP contribution in [0.5, 0.6) is 5.75 Å². The van der Waals surface area contributed by atoms with Crippen molar-refractivity contribution in [2.24, 2.45) is 28.6 Å². The number of hydrogen-bond donors (Lipinski definition) is 0. The Kier molecular flexibility index (Phi) is 4.74. The van der Waals surface area contributed by atoms with Crippen molar-refractivity contribution in [1.29, 1.82) is 0 Å². The molecule has 0 spiro atoms. The highest BCUT2D eigenvalue weighted by Gasteiger charge is 2.72. The fourth-order valence-corrected chi connectivity index (χ4v) is 8.36. The molecule has 3 fully saturated rings. The van der Waals surface area contributed by atoms with E-state index in [0.29, 0.717) is 5.92 Å². The second-order valence-electron chi connectivity index (χ2n) is 11.4. The predicted molar refractivity (Wildman–Crippen MR) is 127 cm³/mol. The van der Waals surface area contributed by atoms with Gasteiger partial charge in [0.15, 0.2) is 5.78 Å². The molecular formula is C29H34O5. The van der Waals surface area contributed by atoms with E-state index < -0.39 is 10.8 Å². The van der Waals surface area contributed by atoms with Crippen molar-refractivity contribution in [1.82, 2.24) is 0 Å². The molecule has 0 radical (unpaired) electrons. The molecular weight excluding hydrogens is 428 g/mol. The molecule has 180 valence electrons. The van der Waals surface area contributed by atoms with Crippen LogP contribution in [0.15, 0.2) is 47.6 Å². The maximum Gasteiger partial charge on any atom is 0.316 e. The maximum atomic E-state index is 13.4. The van der Waals surface area contributed by atoms with Crippen LogP contribution in [0, 0.1) is 28.6 Å². The zero-order valence-electron chi connectivity index (χ0n) is 20.7. The minimum absolute atomic E-state index is 0.0376. The zero-order chi connectivity index (χ0) is 24.0. The standard InChI is InChI=1S/C29H34O5/c1-6-21-20-13-19-15(2)18(16-7-9-17(32-5)10-8-16)14-22(19)33-24(20)25-26-28(3,27(31)34-25)12-11-23(30)29(21,26)4/h7-12,18,20-22,24-26H,6,13-14H2,1-5H3/t18-,20-,21-,22-,24-,25-,26-,28+,29-/m0/s1. The highest BCUT2D eigenvalue weighted by atomic mass is 16.6. The lowest BCUT2D eigenvalue weighted by Crippen LogP contribution is -2.64. The number of allylic oxidation sites excluding steroid dienone is 2. The van der Waals surface area contributed by atoms with Crippen molar-refractivity contribution in [3.8, 4) is 5.75 Å². The average Bonchev–Trinajstić information content (AvgIpc) is 3.30. The molecule has 5 heteroatoms. The Bertz CT molecular complexity index is 1120. The Labute approximate surface area is 201 Å². The summed E-state index contributed by atoms with van der Waals surface area (Å²) in [7, 11) is 1.69. The van der Waals surface area contributed by atoms with E-state index in [9.17, 15) is 9.59 Å². The molecule has 34 heavy (non-hydrogen) atoms. The Morgan fingerprint density at radius 1 is 1.12 bits per heavy atom. The average molecular weight is 463 g/mol. The Morgan fingerprint density at radius 3 is 2.53 bits per heavy atom. The number of hydrogen-bond acceptors (Lipinski definition) is 5. The number of methoxy groups -OCH3 is 1. The van der Waals surface area contributed by atoms with Gasteiger partial charge in [0.2, 0.25) is 0 Å². The predicted octanol–water partition coefficient (Wildman–Crippen LogP) is 5.01. The highest BCUT2D eigenvalue weighted by Crippen LogP contribution is 2.65. The fraction of sp³-hybridized carbons (Fsp3) is 0.586. The van der Waals surface area contributed by atoms with Crippen LogP contribution < -0.4 is 4.74 Å². The van der Waals surface area contributed by atoms with Gasteiger partial charge in [0.05, 0.1) is 24.7 Å². The molecule has 9 atom stereocenters. The van der Waals surface area contributed by atoms with Crippen LogP contribution in [0.4, 0.5) is 0 Å². The lowest BCUT2D eigenvalue weighted by molar-refractivity contribution is -0.202. The minimum atomic E-state index is -0.761. The van der Waals surface area contributed by atoms with Gasteiger partial charge in [-0.2, -0.15) is 0 Å². The number of rotatable bonds is 3. The Balaban J connectivity index is 1.39. The van der Waals surface area contributed by atoms with E-state index in [0.717, 1.165) is 25.0 Å². The molecule has 1 saturated carbocycles. The molecule has 0 unspecified atom stereocenters. The first-order chi connectivity index (χ1) is 16.2. The summed E-state index contributed by atoms with van der Waals surface area (Å²) in [6, 6.07) is 8.34. The largest absolute Gasteiger partial charge is 0.497 e. The van der Waals surface area contributed by atoms with Crippen molar-refractivity contribution in [2.45, 2.75) is 71.2 Å². The van der Waals surface area contributed by atoms with Crippen LogP contribution in [0.25, 0.3) is 0 Å². The van der Waals surface area contributed by atoms with E-state index in [1.165, 1.54) is 16.7 Å². The molecule has 1 aromatic rings. The second kappa shape index (κ2) is 7.30. The minimum Gasteiger partial charge on any atom is -0.497 e. The molecule has 1 aromatic carbocycles. The van der Waals surface area contributed by atoms with Gasteiger partial charge in [-0.1, -0.05) is 44.1 Å². The van der Waals surface area contributed by atoms with Gasteiger partial charge in [0.25, 0.3) is 0 Å². The molecule has 3 aliphatic carbocycles. The van der Waals surface area contributed by atoms with Gasteiger partial charge in [0.1, 0.15) is 11.9 Å². The molecule has 0 N–H and O–H groups in total. The van der Waals surface area contributed by atoms with Gasteiger partial charge in [-0.25, -0.2) is 0 Å². The van der Waals surface area contributed by atoms with Crippen molar-refractivity contribution in [3.05, 3.63) is 53.1 Å². The van der Waals surface area contributed by atoms with Crippen LogP contribution in [0.2, 0.25) is 0 Å². The molecule has 6 rings (SSSR count). The molecule has 0 amide bonds. The van der Waals surface area contributed by atoms with E-state index in [1.54, 1.807) is 19.3 Å². The normalized spacial score (nSPS) is 44.4. The molecule has 5 aliphatic rings. The van der Waals surface area contributed by atoms with E-state index in [4.69, 9.17) is 14.2 Å². The summed E-state index contributed by atoms with van der Waals surface area (Å²) in [4.78, 5) is 26.5. The van der Waals surface area contributed by atoms with E-state index >= 15 is 0 Å². The van der Waals surface area contributed by atoms with Crippen molar-refractivity contribution in [2.75, 3.05) is 7.11 Å². The third-order valence-electron chi connectivity index (χ3n) is 10.1. The summed E-state index contributed by atoms with van der Waals surface area (Å²) in [6.45, 7) is 8.45. The number of ether oxygens (including phenoxy) is 3. The number of carbonyl (C=O) groups is 2. The number of esters is 1. The summed E-state index contributed by atoms with van der Waals surface area (Å²) in [6.07, 6.45) is 5.65. The first-order valence-corrected chi connectivity index (χ1v) is 12.7. The van der Waals surface area contributed by atoms with Gasteiger partial charge in [-0.15, -0.1) is 0 Å². The van der Waals surface area contributed by atoms with Crippen LogP contribution in [0.3, 0.4) is 0 Å². The van der Waals surface area contributed by atoms with E-state index in [-0.39, 0.29) is 47.8 Å². The summed E-state index contributed by atoms with van der Waals surface area (Å²) >= 11 is 0. The van der Waals surface area contributed by atoms with Crippen molar-refractivity contribution in [3.63, 3.8) is 0 Å². The quantitative estimate of drug-likeness (QED) is 0.467. The lowest BCUT2D eigenvalue weighted by Gasteiger charge is -2.58. The Hall–Kier alpha value is -2.40. The highest BCUT2D eigenvalue weighted by molar-refractivity contribution is 6.00. The number of benzene rings is 1. The van der Waals surface area contributed by atoms with Crippen LogP contribution in [-0.2, 0) is 19.1 Å². The first-order valence-electron chi connectivity index (χ1n) is 12.7. The molecule has 0 bridgehead atoms. The van der Waals surface area contributed by atoms with Gasteiger partial charge in [-0.3, -0.25) is 9.59 Å². The van der Waals surface area contributed by atoms with Crippen LogP contribution in [0.1, 0.15) is 58.4 Å². The summed E-state index contributed by atoms with van der Waals surface area (Å²) in [5.74, 6) is 1.22. The van der Waals surface area contributed by atoms with Crippen molar-refractivity contribution >= 4 is 11.8 Å². The first kappa shape index (κ1) is 22.1. The number of fused-ring (bicyclic) bond motifs is 3.